The number of nitrogens with one attached hydrogen (secondary N) is 3. The van der Waals surface area contributed by atoms with Crippen molar-refractivity contribution in [1.29, 1.82) is 0 Å². The average Bonchev–Trinajstić information content (AvgIpc) is 3.31. The summed E-state index contributed by atoms with van der Waals surface area (Å²) < 4.78 is 5.31. The number of alkyl carbamates (subject to hydrolysis) is 1. The van der Waals surface area contributed by atoms with Gasteiger partial charge in [-0.3, -0.25) is 19.7 Å². The van der Waals surface area contributed by atoms with Crippen LogP contribution in [0.4, 0.5) is 16.2 Å². The van der Waals surface area contributed by atoms with E-state index in [1.54, 1.807) is 20.8 Å². The molecule has 1 aliphatic carbocycles. The first kappa shape index (κ1) is 29.3. The molecule has 1 fully saturated rings. The molecule has 10 nitrogen and oxygen atoms in total. The highest BCUT2D eigenvalue weighted by Crippen LogP contribution is 2.32. The normalized spacial score (nSPS) is 17.6. The SMILES string of the molecule is C[C@@H](/C=C1/CCC[C@H]1C(=O)N[C@@H](Cc1ccccc1)C(=O)Nc1ccc([N+](=O)[O-])cc1)NC(=O)OC(C)(C)C. The fourth-order valence-electron chi connectivity index (χ4n) is 4.45. The minimum absolute atomic E-state index is 0.0851. The van der Waals surface area contributed by atoms with Gasteiger partial charge < -0.3 is 20.7 Å². The Bertz CT molecular complexity index is 1200. The fourth-order valence-corrected chi connectivity index (χ4v) is 4.45. The molecule has 1 saturated carbocycles. The van der Waals surface area contributed by atoms with E-state index in [1.807, 2.05) is 43.3 Å². The van der Waals surface area contributed by atoms with E-state index in [9.17, 15) is 24.5 Å². The summed E-state index contributed by atoms with van der Waals surface area (Å²) in [6, 6.07) is 13.7. The van der Waals surface area contributed by atoms with Gasteiger partial charge in [-0.2, -0.15) is 0 Å². The van der Waals surface area contributed by atoms with Crippen LogP contribution in [-0.4, -0.2) is 40.5 Å². The van der Waals surface area contributed by atoms with Crippen molar-refractivity contribution in [2.24, 2.45) is 5.92 Å². The standard InChI is InChI=1S/C29H36N4O6/c1-19(30-28(36)39-29(2,3)4)17-21-11-8-12-24(21)26(34)32-25(18-20-9-6-5-7-10-20)27(35)31-22-13-15-23(16-14-22)33(37)38/h5-7,9-10,13-17,19,24-25H,8,11-12,18H2,1-4H3,(H,30,36)(H,31,35)(H,32,34)/b21-17-/t19-,24+,25-/m0/s1. The number of benzene rings is 2. The van der Waals surface area contributed by atoms with Gasteiger partial charge in [0.25, 0.3) is 5.69 Å². The summed E-state index contributed by atoms with van der Waals surface area (Å²) in [5.41, 5.74) is 1.47. The molecule has 1 aliphatic rings. The Morgan fingerprint density at radius 1 is 1.08 bits per heavy atom. The fraction of sp³-hybridized carbons (Fsp3) is 0.414. The maximum absolute atomic E-state index is 13.4. The predicted octanol–water partition coefficient (Wildman–Crippen LogP) is 4.90. The van der Waals surface area contributed by atoms with E-state index in [1.165, 1.54) is 24.3 Å². The van der Waals surface area contributed by atoms with Crippen LogP contribution in [0.15, 0.2) is 66.2 Å². The molecule has 3 N–H and O–H groups in total. The number of non-ortho nitro benzene ring substituents is 1. The van der Waals surface area contributed by atoms with Gasteiger partial charge in [0.1, 0.15) is 11.6 Å². The Balaban J connectivity index is 1.72. The van der Waals surface area contributed by atoms with Gasteiger partial charge in [0.05, 0.1) is 10.8 Å². The van der Waals surface area contributed by atoms with Crippen LogP contribution in [0.25, 0.3) is 0 Å². The molecule has 10 heteroatoms. The third-order valence-corrected chi connectivity index (χ3v) is 6.19. The molecule has 39 heavy (non-hydrogen) atoms. The lowest BCUT2D eigenvalue weighted by Gasteiger charge is -2.23. The third kappa shape index (κ3) is 9.24. The lowest BCUT2D eigenvalue weighted by atomic mass is 9.98. The third-order valence-electron chi connectivity index (χ3n) is 6.19. The smallest absolute Gasteiger partial charge is 0.408 e. The van der Waals surface area contributed by atoms with Gasteiger partial charge in [0.15, 0.2) is 0 Å². The van der Waals surface area contributed by atoms with Crippen LogP contribution in [0.3, 0.4) is 0 Å². The first-order valence-corrected chi connectivity index (χ1v) is 13.0. The first-order valence-electron chi connectivity index (χ1n) is 13.0. The zero-order valence-corrected chi connectivity index (χ0v) is 22.7. The predicted molar refractivity (Wildman–Crippen MR) is 148 cm³/mol. The van der Waals surface area contributed by atoms with Crippen molar-refractivity contribution >= 4 is 29.3 Å². The highest BCUT2D eigenvalue weighted by molar-refractivity contribution is 5.98. The second kappa shape index (κ2) is 13.0. The van der Waals surface area contributed by atoms with Crippen LogP contribution < -0.4 is 16.0 Å². The number of anilines is 1. The number of carbonyl (C=O) groups excluding carboxylic acids is 3. The molecule has 0 radical (unpaired) electrons. The molecule has 0 aliphatic heterocycles. The van der Waals surface area contributed by atoms with Gasteiger partial charge in [-0.1, -0.05) is 42.0 Å². The highest BCUT2D eigenvalue weighted by atomic mass is 16.6. The van der Waals surface area contributed by atoms with Gasteiger partial charge in [0.2, 0.25) is 11.8 Å². The first-order chi connectivity index (χ1) is 18.4. The number of ether oxygens (including phenoxy) is 1. The van der Waals surface area contributed by atoms with Crippen LogP contribution in [0, 0.1) is 16.0 Å². The summed E-state index contributed by atoms with van der Waals surface area (Å²) in [4.78, 5) is 49.2. The van der Waals surface area contributed by atoms with Crippen LogP contribution in [0.5, 0.6) is 0 Å². The van der Waals surface area contributed by atoms with Crippen molar-refractivity contribution in [3.63, 3.8) is 0 Å². The van der Waals surface area contributed by atoms with E-state index in [0.29, 0.717) is 12.1 Å². The molecule has 0 spiro atoms. The minimum atomic E-state index is -0.866. The van der Waals surface area contributed by atoms with Crippen LogP contribution >= 0.6 is 0 Å². The summed E-state index contributed by atoms with van der Waals surface area (Å²) in [6.07, 6.45) is 3.80. The Labute approximate surface area is 228 Å². The molecule has 0 bridgehead atoms. The monoisotopic (exact) mass is 536 g/mol. The average molecular weight is 537 g/mol. The number of nitrogens with zero attached hydrogens (tertiary/aromatic N) is 1. The molecule has 0 heterocycles. The molecule has 208 valence electrons. The van der Waals surface area contributed by atoms with E-state index >= 15 is 0 Å². The zero-order valence-electron chi connectivity index (χ0n) is 22.7. The Kier molecular flexibility index (Phi) is 9.81. The maximum atomic E-state index is 13.4. The summed E-state index contributed by atoms with van der Waals surface area (Å²) in [5, 5.41) is 19.4. The van der Waals surface area contributed by atoms with Gasteiger partial charge >= 0.3 is 6.09 Å². The summed E-state index contributed by atoms with van der Waals surface area (Å²) >= 11 is 0. The van der Waals surface area contributed by atoms with Crippen LogP contribution in [-0.2, 0) is 20.7 Å². The largest absolute Gasteiger partial charge is 0.444 e. The van der Waals surface area contributed by atoms with Crippen LogP contribution in [0.2, 0.25) is 0 Å². The van der Waals surface area contributed by atoms with E-state index in [0.717, 1.165) is 24.0 Å². The molecule has 0 aromatic heterocycles. The maximum Gasteiger partial charge on any atom is 0.408 e. The van der Waals surface area contributed by atoms with Crippen molar-refractivity contribution in [2.45, 2.75) is 71.1 Å². The van der Waals surface area contributed by atoms with Crippen molar-refractivity contribution < 1.29 is 24.0 Å². The van der Waals surface area contributed by atoms with E-state index in [2.05, 4.69) is 16.0 Å². The molecule has 3 atom stereocenters. The second-order valence-corrected chi connectivity index (χ2v) is 10.7. The molecular formula is C29H36N4O6. The van der Waals surface area contributed by atoms with Gasteiger partial charge in [-0.25, -0.2) is 4.79 Å². The number of carbonyl (C=O) groups is 3. The number of nitro benzene ring substituents is 1. The zero-order chi connectivity index (χ0) is 28.6. The van der Waals surface area contributed by atoms with Gasteiger partial charge in [-0.05, 0) is 64.7 Å². The van der Waals surface area contributed by atoms with Crippen LogP contribution in [0.1, 0.15) is 52.5 Å². The number of hydrogen-bond donors (Lipinski definition) is 3. The molecule has 2 aromatic rings. The Hall–Kier alpha value is -4.21. The molecule has 3 rings (SSSR count). The summed E-state index contributed by atoms with van der Waals surface area (Å²) in [6.45, 7) is 7.18. The van der Waals surface area contributed by atoms with E-state index in [4.69, 9.17) is 4.74 Å². The molecule has 2 aromatic carbocycles. The summed E-state index contributed by atoms with van der Waals surface area (Å²) in [7, 11) is 0. The topological polar surface area (TPSA) is 140 Å². The van der Waals surface area contributed by atoms with Crippen molar-refractivity contribution in [3.8, 4) is 0 Å². The number of rotatable bonds is 9. The number of nitro groups is 1. The van der Waals surface area contributed by atoms with Crippen molar-refractivity contribution in [3.05, 3.63) is 81.9 Å². The summed E-state index contributed by atoms with van der Waals surface area (Å²) in [5.74, 6) is -1.11. The Morgan fingerprint density at radius 2 is 1.74 bits per heavy atom. The van der Waals surface area contributed by atoms with Gasteiger partial charge in [0, 0.05) is 30.3 Å². The van der Waals surface area contributed by atoms with E-state index in [-0.39, 0.29) is 24.1 Å². The minimum Gasteiger partial charge on any atom is -0.444 e. The molecule has 3 amide bonds. The van der Waals surface area contributed by atoms with E-state index < -0.39 is 34.5 Å². The molecule has 0 saturated heterocycles. The second-order valence-electron chi connectivity index (χ2n) is 10.7. The highest BCUT2D eigenvalue weighted by Gasteiger charge is 2.31. The van der Waals surface area contributed by atoms with Gasteiger partial charge in [-0.15, -0.1) is 0 Å². The lowest BCUT2D eigenvalue weighted by Crippen LogP contribution is -2.47. The lowest BCUT2D eigenvalue weighted by molar-refractivity contribution is -0.384. The molecular weight excluding hydrogens is 500 g/mol. The van der Waals surface area contributed by atoms with Crippen molar-refractivity contribution in [1.82, 2.24) is 10.6 Å². The molecule has 0 unspecified atom stereocenters. The quantitative estimate of drug-likeness (QED) is 0.237. The number of amides is 3. The van der Waals surface area contributed by atoms with Crippen molar-refractivity contribution in [2.75, 3.05) is 5.32 Å². The number of hydrogen-bond acceptors (Lipinski definition) is 6. The Morgan fingerprint density at radius 3 is 2.36 bits per heavy atom.